The molecule has 4 rings (SSSR count). The van der Waals surface area contributed by atoms with Crippen LogP contribution in [-0.2, 0) is 20.7 Å². The molecular formula is C27H39BClNO3. The highest BCUT2D eigenvalue weighted by Crippen LogP contribution is 2.41. The van der Waals surface area contributed by atoms with Gasteiger partial charge in [-0.3, -0.25) is 0 Å². The second kappa shape index (κ2) is 12.6. The summed E-state index contributed by atoms with van der Waals surface area (Å²) >= 11 is 7.04. The molecular weight excluding hydrogens is 433 g/mol. The van der Waals surface area contributed by atoms with Crippen LogP contribution in [0.4, 0.5) is 0 Å². The van der Waals surface area contributed by atoms with Crippen molar-refractivity contribution in [2.45, 2.75) is 108 Å². The molecule has 3 aliphatic rings. The lowest BCUT2D eigenvalue weighted by atomic mass is 9.77. The van der Waals surface area contributed by atoms with Crippen molar-refractivity contribution in [2.75, 3.05) is 0 Å². The molecule has 0 radical (unpaired) electrons. The number of ether oxygens (including phenoxy) is 1. The molecule has 33 heavy (non-hydrogen) atoms. The van der Waals surface area contributed by atoms with Crippen molar-refractivity contribution in [3.63, 3.8) is 0 Å². The standard InChI is InChI=1S/C27H39BClNO3/c1-20(18-30)17-24(31-19-21-11-5-2-6-12-21)27(29)28-32-25(22-13-7-3-8-14-22)26(33-28)23-15-9-4-10-16-23/h2,5-6,11-12,20,22-27H,3-4,7-10,13-17,19H2,1H3/t20?,24-,25-,26-,27-/m1/s1. The molecule has 180 valence electrons. The van der Waals surface area contributed by atoms with Crippen molar-refractivity contribution in [3.05, 3.63) is 35.9 Å². The van der Waals surface area contributed by atoms with Crippen LogP contribution in [0, 0.1) is 29.1 Å². The van der Waals surface area contributed by atoms with E-state index in [2.05, 4.69) is 18.2 Å². The van der Waals surface area contributed by atoms with E-state index in [1.807, 2.05) is 25.1 Å². The van der Waals surface area contributed by atoms with Gasteiger partial charge in [0.15, 0.2) is 0 Å². The molecule has 0 bridgehead atoms. The van der Waals surface area contributed by atoms with Crippen LogP contribution in [0.25, 0.3) is 0 Å². The van der Waals surface area contributed by atoms with Gasteiger partial charge in [0, 0.05) is 5.92 Å². The molecule has 0 aromatic heterocycles. The maximum absolute atomic E-state index is 9.43. The van der Waals surface area contributed by atoms with Crippen LogP contribution >= 0.6 is 11.6 Å². The third-order valence-electron chi connectivity index (χ3n) is 7.86. The Morgan fingerprint density at radius 1 is 0.970 bits per heavy atom. The summed E-state index contributed by atoms with van der Waals surface area (Å²) in [4.78, 5) is 0. The minimum atomic E-state index is -0.475. The van der Waals surface area contributed by atoms with E-state index in [0.717, 1.165) is 5.56 Å². The Kier molecular flexibility index (Phi) is 9.56. The van der Waals surface area contributed by atoms with E-state index in [1.54, 1.807) is 0 Å². The largest absolute Gasteiger partial charge is 0.479 e. The Balaban J connectivity index is 1.46. The Bertz CT molecular complexity index is 721. The molecule has 1 aromatic carbocycles. The maximum atomic E-state index is 9.43. The summed E-state index contributed by atoms with van der Waals surface area (Å²) in [5, 5.41) is 8.99. The van der Waals surface area contributed by atoms with E-state index in [9.17, 15) is 5.26 Å². The third kappa shape index (κ3) is 6.76. The normalized spacial score (nSPS) is 27.7. The van der Waals surface area contributed by atoms with Gasteiger partial charge in [-0.05, 0) is 56.4 Å². The van der Waals surface area contributed by atoms with Gasteiger partial charge in [0.1, 0.15) is 0 Å². The summed E-state index contributed by atoms with van der Waals surface area (Å²) in [7, 11) is -0.475. The molecule has 0 N–H and O–H groups in total. The monoisotopic (exact) mass is 471 g/mol. The average molecular weight is 472 g/mol. The third-order valence-corrected chi connectivity index (χ3v) is 8.35. The van der Waals surface area contributed by atoms with Crippen LogP contribution in [-0.4, -0.2) is 30.7 Å². The molecule has 1 aliphatic heterocycles. The molecule has 6 heteroatoms. The number of nitriles is 1. The van der Waals surface area contributed by atoms with Gasteiger partial charge < -0.3 is 14.0 Å². The van der Waals surface area contributed by atoms with Gasteiger partial charge in [0.25, 0.3) is 0 Å². The van der Waals surface area contributed by atoms with Crippen LogP contribution in [0.15, 0.2) is 30.3 Å². The summed E-state index contributed by atoms with van der Waals surface area (Å²) < 4.78 is 19.6. The summed E-state index contributed by atoms with van der Waals surface area (Å²) in [5.41, 5.74) is 1.10. The lowest BCUT2D eigenvalue weighted by Crippen LogP contribution is -2.41. The van der Waals surface area contributed by atoms with Crippen LogP contribution in [0.2, 0.25) is 0 Å². The van der Waals surface area contributed by atoms with Crippen LogP contribution in [0.1, 0.15) is 83.1 Å². The number of hydrogen-bond donors (Lipinski definition) is 0. The van der Waals surface area contributed by atoms with Gasteiger partial charge in [0.2, 0.25) is 0 Å². The van der Waals surface area contributed by atoms with Gasteiger partial charge in [-0.1, -0.05) is 68.9 Å². The highest BCUT2D eigenvalue weighted by atomic mass is 35.5. The number of benzene rings is 1. The highest BCUT2D eigenvalue weighted by molar-refractivity contribution is 6.60. The molecule has 4 nitrogen and oxygen atoms in total. The first-order valence-corrected chi connectivity index (χ1v) is 13.6. The van der Waals surface area contributed by atoms with E-state index in [-0.39, 0.29) is 24.2 Å². The zero-order chi connectivity index (χ0) is 23.0. The number of hydrogen-bond acceptors (Lipinski definition) is 4. The highest BCUT2D eigenvalue weighted by Gasteiger charge is 2.51. The number of alkyl halides is 1. The summed E-state index contributed by atoms with van der Waals surface area (Å²) in [6.45, 7) is 2.40. The van der Waals surface area contributed by atoms with E-state index in [0.29, 0.717) is 24.9 Å². The van der Waals surface area contributed by atoms with Crippen molar-refractivity contribution >= 4 is 18.7 Å². The predicted octanol–water partition coefficient (Wildman–Crippen LogP) is 6.70. The van der Waals surface area contributed by atoms with E-state index in [1.165, 1.54) is 64.2 Å². The van der Waals surface area contributed by atoms with Crippen LogP contribution in [0.5, 0.6) is 0 Å². The molecule has 0 spiro atoms. The Hall–Kier alpha value is -1.06. The zero-order valence-electron chi connectivity index (χ0n) is 20.0. The first-order valence-electron chi connectivity index (χ1n) is 13.2. The number of rotatable bonds is 9. The zero-order valence-corrected chi connectivity index (χ0v) is 20.8. The second-order valence-electron chi connectivity index (χ2n) is 10.4. The molecule has 1 unspecified atom stereocenters. The number of halogens is 1. The summed E-state index contributed by atoms with van der Waals surface area (Å²) in [5.74, 6) is 0.999. The SMILES string of the molecule is CC(C#N)C[C@@H](OCc1ccccc1)[C@@H](Cl)B1O[C@H](C2CCCCC2)[C@@H](C2CCCCC2)O1. The second-order valence-corrected chi connectivity index (χ2v) is 10.9. The molecule has 0 amide bonds. The number of nitrogens with zero attached hydrogens (tertiary/aromatic N) is 1. The van der Waals surface area contributed by atoms with Gasteiger partial charge in [-0.15, -0.1) is 11.6 Å². The van der Waals surface area contributed by atoms with Crippen molar-refractivity contribution in [2.24, 2.45) is 17.8 Å². The Labute approximate surface area is 205 Å². The fourth-order valence-corrected chi connectivity index (χ4v) is 6.27. The van der Waals surface area contributed by atoms with Crippen molar-refractivity contribution in [1.82, 2.24) is 0 Å². The minimum absolute atomic E-state index is 0.141. The van der Waals surface area contributed by atoms with Crippen LogP contribution in [0.3, 0.4) is 0 Å². The summed E-state index contributed by atoms with van der Waals surface area (Å²) in [6.07, 6.45) is 13.3. The van der Waals surface area contributed by atoms with Crippen molar-refractivity contribution < 1.29 is 14.0 Å². The molecule has 2 saturated carbocycles. The molecule has 2 aliphatic carbocycles. The van der Waals surface area contributed by atoms with Crippen molar-refractivity contribution in [3.8, 4) is 6.07 Å². The first-order chi connectivity index (χ1) is 16.2. The van der Waals surface area contributed by atoms with E-state index in [4.69, 9.17) is 25.6 Å². The maximum Gasteiger partial charge on any atom is 0.479 e. The molecule has 5 atom stereocenters. The fraction of sp³-hybridized carbons (Fsp3) is 0.741. The molecule has 1 saturated heterocycles. The lowest BCUT2D eigenvalue weighted by molar-refractivity contribution is 0.0324. The smallest absolute Gasteiger partial charge is 0.404 e. The van der Waals surface area contributed by atoms with Crippen molar-refractivity contribution in [1.29, 1.82) is 5.26 Å². The summed E-state index contributed by atoms with van der Waals surface area (Å²) in [6, 6.07) is 12.5. The van der Waals surface area contributed by atoms with E-state index >= 15 is 0 Å². The first kappa shape index (κ1) is 25.1. The van der Waals surface area contributed by atoms with Gasteiger partial charge in [0.05, 0.1) is 36.3 Å². The lowest BCUT2D eigenvalue weighted by Gasteiger charge is -2.35. The Morgan fingerprint density at radius 2 is 1.52 bits per heavy atom. The topological polar surface area (TPSA) is 51.5 Å². The minimum Gasteiger partial charge on any atom is -0.404 e. The van der Waals surface area contributed by atoms with E-state index < -0.39 is 12.4 Å². The average Bonchev–Trinajstić information content (AvgIpc) is 3.33. The predicted molar refractivity (Wildman–Crippen MR) is 133 cm³/mol. The Morgan fingerprint density at radius 3 is 2.03 bits per heavy atom. The molecule has 1 heterocycles. The molecule has 3 fully saturated rings. The van der Waals surface area contributed by atoms with Gasteiger partial charge in [-0.25, -0.2) is 0 Å². The van der Waals surface area contributed by atoms with Gasteiger partial charge in [-0.2, -0.15) is 5.26 Å². The fourth-order valence-electron chi connectivity index (χ4n) is 5.97. The molecule has 1 aromatic rings. The quantitative estimate of drug-likeness (QED) is 0.297. The van der Waals surface area contributed by atoms with Crippen LogP contribution < -0.4 is 0 Å². The van der Waals surface area contributed by atoms with Gasteiger partial charge >= 0.3 is 7.12 Å².